The van der Waals surface area contributed by atoms with Crippen LogP contribution >= 0.6 is 22.7 Å². The van der Waals surface area contributed by atoms with E-state index in [0.29, 0.717) is 34.1 Å². The summed E-state index contributed by atoms with van der Waals surface area (Å²) in [7, 11) is 0. The highest BCUT2D eigenvalue weighted by atomic mass is 32.1. The lowest BCUT2D eigenvalue weighted by molar-refractivity contribution is 0.0686. The molecule has 314 valence electrons. The van der Waals surface area contributed by atoms with Crippen LogP contribution in [0.2, 0.25) is 0 Å². The van der Waals surface area contributed by atoms with Crippen LogP contribution in [-0.2, 0) is 0 Å². The van der Waals surface area contributed by atoms with Gasteiger partial charge in [-0.05, 0) is 82.2 Å². The Morgan fingerprint density at radius 1 is 0.348 bits per heavy atom. The number of hydrogen-bond acceptors (Lipinski definition) is 6. The molecule has 0 fully saturated rings. The monoisotopic (exact) mass is 890 g/mol. The van der Waals surface area contributed by atoms with Crippen molar-refractivity contribution in [1.29, 1.82) is 0 Å². The van der Waals surface area contributed by atoms with E-state index in [1.54, 1.807) is 59.1 Å². The zero-order valence-corrected chi connectivity index (χ0v) is 36.5. The second-order valence-electron chi connectivity index (χ2n) is 16.1. The van der Waals surface area contributed by atoms with Crippen molar-refractivity contribution in [3.05, 3.63) is 205 Å². The van der Waals surface area contributed by atoms with Gasteiger partial charge in [0.1, 0.15) is 23.0 Å². The first-order chi connectivity index (χ1) is 32.4. The van der Waals surface area contributed by atoms with Crippen LogP contribution < -0.4 is 9.47 Å². The zero-order chi connectivity index (χ0) is 44.5. The highest BCUT2D eigenvalue weighted by molar-refractivity contribution is 7.26. The highest BCUT2D eigenvalue weighted by Crippen LogP contribution is 2.51. The maximum absolute atomic E-state index is 12.5. The molecule has 8 heteroatoms. The molecular weight excluding hydrogens is 857 g/mol. The Bertz CT molecular complexity index is 3720. The van der Waals surface area contributed by atoms with Crippen molar-refractivity contribution in [1.82, 2.24) is 0 Å². The minimum absolute atomic E-state index is 0.148. The molecule has 6 nitrogen and oxygen atoms in total. The number of rotatable bonds is 9. The number of thiophene rings is 2. The van der Waals surface area contributed by atoms with Crippen molar-refractivity contribution in [3.8, 4) is 56.4 Å². The van der Waals surface area contributed by atoms with Crippen LogP contribution in [-0.4, -0.2) is 22.2 Å². The number of ether oxygens (including phenoxy) is 2. The first kappa shape index (κ1) is 39.3. The fourth-order valence-corrected chi connectivity index (χ4v) is 11.7. The largest absolute Gasteiger partial charge is 0.478 e. The highest BCUT2D eigenvalue weighted by Gasteiger charge is 2.24. The molecule has 0 radical (unpaired) electrons. The van der Waals surface area contributed by atoms with E-state index in [9.17, 15) is 19.8 Å². The summed E-state index contributed by atoms with van der Waals surface area (Å²) in [6.45, 7) is 0. The first-order valence-electron chi connectivity index (χ1n) is 21.3. The summed E-state index contributed by atoms with van der Waals surface area (Å²) < 4.78 is 18.7. The average molecular weight is 891 g/mol. The third-order valence-electron chi connectivity index (χ3n) is 12.3. The van der Waals surface area contributed by atoms with E-state index in [1.807, 2.05) is 97.1 Å². The van der Waals surface area contributed by atoms with E-state index in [1.165, 1.54) is 0 Å². The SMILES string of the molecule is O=C(O)c1ccc(Oc2ccc3ccccc3c2-c2c(Oc3ccc(C(=O)O)cc3-c3cccc4c3sc3ccccc34)ccc3ccccc23)c(-c2cccc3c2sc2ccccc23)c1. The molecule has 0 aliphatic carbocycles. The van der Waals surface area contributed by atoms with Gasteiger partial charge in [0.15, 0.2) is 0 Å². The predicted octanol–water partition coefficient (Wildman–Crippen LogP) is 16.7. The van der Waals surface area contributed by atoms with Gasteiger partial charge in [-0.3, -0.25) is 0 Å². The van der Waals surface area contributed by atoms with Gasteiger partial charge in [-0.15, -0.1) is 22.7 Å². The lowest BCUT2D eigenvalue weighted by Crippen LogP contribution is -2.00. The van der Waals surface area contributed by atoms with Crippen molar-refractivity contribution >= 4 is 96.5 Å². The van der Waals surface area contributed by atoms with Crippen molar-refractivity contribution < 1.29 is 29.3 Å². The summed E-state index contributed by atoms with van der Waals surface area (Å²) in [4.78, 5) is 25.1. The minimum atomic E-state index is -1.03. The first-order valence-corrected chi connectivity index (χ1v) is 23.0. The predicted molar refractivity (Wildman–Crippen MR) is 270 cm³/mol. The van der Waals surface area contributed by atoms with Gasteiger partial charge in [0, 0.05) is 73.7 Å². The molecule has 10 aromatic carbocycles. The Labute approximate surface area is 385 Å². The molecule has 0 bridgehead atoms. The minimum Gasteiger partial charge on any atom is -0.478 e. The third-order valence-corrected chi connectivity index (χ3v) is 14.8. The van der Waals surface area contributed by atoms with Crippen molar-refractivity contribution in [2.24, 2.45) is 0 Å². The van der Waals surface area contributed by atoms with Crippen molar-refractivity contribution in [3.63, 3.8) is 0 Å². The van der Waals surface area contributed by atoms with Crippen molar-refractivity contribution in [2.75, 3.05) is 0 Å². The quantitative estimate of drug-likeness (QED) is 0.150. The van der Waals surface area contributed by atoms with Gasteiger partial charge in [-0.1, -0.05) is 133 Å². The zero-order valence-electron chi connectivity index (χ0n) is 34.8. The third kappa shape index (κ3) is 6.53. The van der Waals surface area contributed by atoms with Crippen LogP contribution in [0.4, 0.5) is 0 Å². The molecule has 0 amide bonds. The summed E-state index contributed by atoms with van der Waals surface area (Å²) in [6, 6.07) is 63.2. The molecule has 2 N–H and O–H groups in total. The van der Waals surface area contributed by atoms with E-state index in [2.05, 4.69) is 60.7 Å². The van der Waals surface area contributed by atoms with Gasteiger partial charge in [0.05, 0.1) is 11.1 Å². The summed E-state index contributed by atoms with van der Waals surface area (Å²) >= 11 is 3.34. The van der Waals surface area contributed by atoms with Gasteiger partial charge >= 0.3 is 11.9 Å². The number of hydrogen-bond donors (Lipinski definition) is 2. The summed E-state index contributed by atoms with van der Waals surface area (Å²) in [5.41, 5.74) is 4.90. The fraction of sp³-hybridized carbons (Fsp3) is 0. The van der Waals surface area contributed by atoms with Gasteiger partial charge in [0.25, 0.3) is 0 Å². The molecule has 12 rings (SSSR count). The summed E-state index contributed by atoms with van der Waals surface area (Å²) in [5, 5.41) is 28.8. The topological polar surface area (TPSA) is 93.1 Å². The molecule has 0 saturated carbocycles. The Morgan fingerprint density at radius 2 is 0.727 bits per heavy atom. The van der Waals surface area contributed by atoms with E-state index in [-0.39, 0.29) is 11.1 Å². The maximum Gasteiger partial charge on any atom is 0.335 e. The molecule has 0 saturated heterocycles. The van der Waals surface area contributed by atoms with Gasteiger partial charge in [-0.25, -0.2) is 9.59 Å². The van der Waals surface area contributed by atoms with Gasteiger partial charge in [0.2, 0.25) is 0 Å². The Kier molecular flexibility index (Phi) is 9.38. The van der Waals surface area contributed by atoms with Crippen LogP contribution in [0.15, 0.2) is 194 Å². The standard InChI is InChI=1S/C58H34O6S2/c59-57(60)35-25-27-47(45(31-35)43-19-9-17-41-39-15-5-7-21-51(39)65-55(41)43)63-49-29-23-33-11-1-3-13-37(33)53(49)54-38-14-4-2-12-34(38)24-30-50(54)64-48-28-26-36(58(61)62)32-46(48)44-20-10-18-42-40-16-6-8-22-52(40)66-56(42)44/h1-32H,(H,59,60)(H,61,62). The number of carboxylic acid groups (broad SMARTS) is 2. The number of fused-ring (bicyclic) bond motifs is 8. The van der Waals surface area contributed by atoms with Crippen LogP contribution in [0, 0.1) is 0 Å². The lowest BCUT2D eigenvalue weighted by atomic mass is 9.92. The van der Waals surface area contributed by atoms with Crippen LogP contribution in [0.1, 0.15) is 20.7 Å². The maximum atomic E-state index is 12.5. The molecule has 2 aromatic heterocycles. The number of benzene rings is 10. The number of aromatic carboxylic acids is 2. The summed E-state index contributed by atoms with van der Waals surface area (Å²) in [5.74, 6) is 0.00186. The molecule has 0 unspecified atom stereocenters. The Morgan fingerprint density at radius 3 is 1.17 bits per heavy atom. The fourth-order valence-electron chi connectivity index (χ4n) is 9.27. The van der Waals surface area contributed by atoms with Crippen LogP contribution in [0.3, 0.4) is 0 Å². The molecule has 0 atom stereocenters. The molecule has 2 heterocycles. The van der Waals surface area contributed by atoms with Crippen LogP contribution in [0.25, 0.3) is 95.3 Å². The van der Waals surface area contributed by atoms with Gasteiger partial charge in [-0.2, -0.15) is 0 Å². The van der Waals surface area contributed by atoms with E-state index >= 15 is 0 Å². The second-order valence-corrected chi connectivity index (χ2v) is 18.2. The summed E-state index contributed by atoms with van der Waals surface area (Å²) in [6.07, 6.45) is 0. The van der Waals surface area contributed by atoms with Crippen LogP contribution in [0.5, 0.6) is 23.0 Å². The molecule has 0 aliphatic heterocycles. The smallest absolute Gasteiger partial charge is 0.335 e. The molecule has 0 spiro atoms. The van der Waals surface area contributed by atoms with E-state index < -0.39 is 11.9 Å². The second kappa shape index (κ2) is 15.7. The Hall–Kier alpha value is -8.30. The number of carbonyl (C=O) groups is 2. The molecule has 0 aliphatic rings. The average Bonchev–Trinajstić information content (AvgIpc) is 3.93. The van der Waals surface area contributed by atoms with E-state index in [0.717, 1.165) is 84.1 Å². The molecule has 12 aromatic rings. The Balaban J connectivity index is 1.08. The molecule has 66 heavy (non-hydrogen) atoms. The number of carboxylic acids is 2. The lowest BCUT2D eigenvalue weighted by Gasteiger charge is -2.21. The van der Waals surface area contributed by atoms with Crippen molar-refractivity contribution in [2.45, 2.75) is 0 Å². The van der Waals surface area contributed by atoms with Gasteiger partial charge < -0.3 is 19.7 Å². The van der Waals surface area contributed by atoms with E-state index in [4.69, 9.17) is 9.47 Å². The normalized spacial score (nSPS) is 11.6. The molecular formula is C58H34O6S2.